The first-order valence-corrected chi connectivity index (χ1v) is 5.16. The average Bonchev–Trinajstić information content (AvgIpc) is 2.39. The summed E-state index contributed by atoms with van der Waals surface area (Å²) < 4.78 is 0. The molecule has 0 spiro atoms. The largest absolute Gasteiger partial charge is 0.298 e. The first-order chi connectivity index (χ1) is 8.26. The maximum atomic E-state index is 10.7. The zero-order valence-electron chi connectivity index (χ0n) is 9.34. The van der Waals surface area contributed by atoms with E-state index in [1.807, 2.05) is 19.1 Å². The first-order valence-electron chi connectivity index (χ1n) is 5.16. The van der Waals surface area contributed by atoms with E-state index in [4.69, 9.17) is 5.26 Å². The van der Waals surface area contributed by atoms with Crippen LogP contribution < -0.4 is 0 Å². The first kappa shape index (κ1) is 11.0. The number of hydrogen-bond acceptors (Lipinski definition) is 3. The molecule has 1 aromatic carbocycles. The Labute approximate surface area is 99.4 Å². The molecule has 2 rings (SSSR count). The molecule has 0 saturated carbocycles. The number of aromatic nitrogens is 1. The molecule has 0 fully saturated rings. The molecule has 3 nitrogen and oxygen atoms in total. The van der Waals surface area contributed by atoms with E-state index in [0.29, 0.717) is 11.1 Å². The van der Waals surface area contributed by atoms with Gasteiger partial charge in [-0.15, -0.1) is 0 Å². The zero-order chi connectivity index (χ0) is 12.3. The molecule has 0 N–H and O–H groups in total. The maximum Gasteiger partial charge on any atom is 0.150 e. The van der Waals surface area contributed by atoms with Crippen molar-refractivity contribution in [3.05, 3.63) is 53.3 Å². The molecule has 17 heavy (non-hydrogen) atoms. The third kappa shape index (κ3) is 2.06. The van der Waals surface area contributed by atoms with Crippen molar-refractivity contribution >= 4 is 6.29 Å². The summed E-state index contributed by atoms with van der Waals surface area (Å²) in [6.07, 6.45) is 4.06. The maximum absolute atomic E-state index is 10.7. The number of nitrogens with zero attached hydrogens (tertiary/aromatic N) is 2. The van der Waals surface area contributed by atoms with Gasteiger partial charge in [0.05, 0.1) is 5.56 Å². The molecular weight excluding hydrogens is 212 g/mol. The number of aldehydes is 1. The molecule has 2 aromatic rings. The van der Waals surface area contributed by atoms with Gasteiger partial charge in [0.15, 0.2) is 0 Å². The third-order valence-electron chi connectivity index (χ3n) is 2.67. The van der Waals surface area contributed by atoms with Crippen LogP contribution in [0.2, 0.25) is 0 Å². The van der Waals surface area contributed by atoms with Crippen LogP contribution in [0.25, 0.3) is 11.1 Å². The van der Waals surface area contributed by atoms with Gasteiger partial charge in [-0.2, -0.15) is 5.26 Å². The number of hydrogen-bond donors (Lipinski definition) is 0. The van der Waals surface area contributed by atoms with Gasteiger partial charge in [0.2, 0.25) is 0 Å². The summed E-state index contributed by atoms with van der Waals surface area (Å²) in [4.78, 5) is 14.8. The molecule has 0 aliphatic heterocycles. The molecule has 0 radical (unpaired) electrons. The zero-order valence-corrected chi connectivity index (χ0v) is 9.34. The lowest BCUT2D eigenvalue weighted by molar-refractivity contribution is 0.112. The summed E-state index contributed by atoms with van der Waals surface area (Å²) in [6, 6.07) is 9.35. The van der Waals surface area contributed by atoms with E-state index in [9.17, 15) is 4.79 Å². The third-order valence-corrected chi connectivity index (χ3v) is 2.67. The lowest BCUT2D eigenvalue weighted by Gasteiger charge is -2.06. The minimum Gasteiger partial charge on any atom is -0.298 e. The predicted molar refractivity (Wildman–Crippen MR) is 64.5 cm³/mol. The van der Waals surface area contributed by atoms with Crippen LogP contribution in [0.5, 0.6) is 0 Å². The molecule has 82 valence electrons. The van der Waals surface area contributed by atoms with Crippen molar-refractivity contribution in [3.8, 4) is 17.2 Å². The fraction of sp³-hybridized carbons (Fsp3) is 0.0714. The Balaban J connectivity index is 2.61. The van der Waals surface area contributed by atoms with Gasteiger partial charge in [0, 0.05) is 23.5 Å². The van der Waals surface area contributed by atoms with Crippen LogP contribution in [0.15, 0.2) is 36.7 Å². The van der Waals surface area contributed by atoms with Crippen molar-refractivity contribution in [3.63, 3.8) is 0 Å². The molecule has 0 saturated heterocycles. The quantitative estimate of drug-likeness (QED) is 0.734. The molecule has 0 amide bonds. The topological polar surface area (TPSA) is 53.8 Å². The molecule has 0 aliphatic carbocycles. The smallest absolute Gasteiger partial charge is 0.150 e. The summed E-state index contributed by atoms with van der Waals surface area (Å²) in [5, 5.41) is 8.94. The van der Waals surface area contributed by atoms with Crippen LogP contribution in [0, 0.1) is 18.3 Å². The van der Waals surface area contributed by atoms with E-state index >= 15 is 0 Å². The van der Waals surface area contributed by atoms with Crippen molar-refractivity contribution in [1.29, 1.82) is 5.26 Å². The van der Waals surface area contributed by atoms with Crippen molar-refractivity contribution in [2.75, 3.05) is 0 Å². The highest BCUT2D eigenvalue weighted by Crippen LogP contribution is 2.24. The van der Waals surface area contributed by atoms with Gasteiger partial charge in [-0.05, 0) is 24.1 Å². The molecule has 3 heteroatoms. The fourth-order valence-corrected chi connectivity index (χ4v) is 1.71. The lowest BCUT2D eigenvalue weighted by Crippen LogP contribution is -1.91. The average molecular weight is 222 g/mol. The Hall–Kier alpha value is -2.47. The van der Waals surface area contributed by atoms with Crippen molar-refractivity contribution in [2.45, 2.75) is 6.92 Å². The number of benzene rings is 1. The minimum absolute atomic E-state index is 0.555. The monoisotopic (exact) mass is 222 g/mol. The molecular formula is C14H10N2O. The molecule has 0 unspecified atom stereocenters. The van der Waals surface area contributed by atoms with Crippen LogP contribution in [0.3, 0.4) is 0 Å². The number of carbonyl (C=O) groups excluding carboxylic acids is 1. The second kappa shape index (κ2) is 4.58. The highest BCUT2D eigenvalue weighted by molar-refractivity contribution is 5.79. The molecule has 1 aromatic heterocycles. The second-order valence-electron chi connectivity index (χ2n) is 3.71. The standard InChI is InChI=1S/C14H10N2O/c1-10-13(6-15)7-16-8-14(10)12-4-2-3-11(5-12)9-17/h2-5,7-9H,1H3. The Morgan fingerprint density at radius 1 is 1.35 bits per heavy atom. The van der Waals surface area contributed by atoms with Crippen LogP contribution in [-0.4, -0.2) is 11.3 Å². The van der Waals surface area contributed by atoms with Gasteiger partial charge in [0.25, 0.3) is 0 Å². The van der Waals surface area contributed by atoms with E-state index in [0.717, 1.165) is 23.0 Å². The van der Waals surface area contributed by atoms with Crippen LogP contribution >= 0.6 is 0 Å². The van der Waals surface area contributed by atoms with E-state index in [1.54, 1.807) is 24.5 Å². The van der Waals surface area contributed by atoms with Crippen LogP contribution in [0.4, 0.5) is 0 Å². The van der Waals surface area contributed by atoms with Crippen molar-refractivity contribution in [1.82, 2.24) is 4.98 Å². The highest BCUT2D eigenvalue weighted by Gasteiger charge is 2.06. The van der Waals surface area contributed by atoms with Crippen LogP contribution in [0.1, 0.15) is 21.5 Å². The second-order valence-corrected chi connectivity index (χ2v) is 3.71. The van der Waals surface area contributed by atoms with Gasteiger partial charge in [0.1, 0.15) is 12.4 Å². The van der Waals surface area contributed by atoms with Gasteiger partial charge in [-0.3, -0.25) is 9.78 Å². The number of pyridine rings is 1. The lowest BCUT2D eigenvalue weighted by atomic mass is 9.98. The van der Waals surface area contributed by atoms with E-state index in [-0.39, 0.29) is 0 Å². The highest BCUT2D eigenvalue weighted by atomic mass is 16.1. The summed E-state index contributed by atoms with van der Waals surface area (Å²) in [5.41, 5.74) is 3.83. The Morgan fingerprint density at radius 2 is 2.18 bits per heavy atom. The Kier molecular flexibility index (Phi) is 2.97. The predicted octanol–water partition coefficient (Wildman–Crippen LogP) is 2.74. The van der Waals surface area contributed by atoms with Gasteiger partial charge in [-0.1, -0.05) is 18.2 Å². The Bertz CT molecular complexity index is 612. The minimum atomic E-state index is 0.555. The normalized spacial score (nSPS) is 9.65. The summed E-state index contributed by atoms with van der Waals surface area (Å²) in [5.74, 6) is 0. The summed E-state index contributed by atoms with van der Waals surface area (Å²) in [7, 11) is 0. The summed E-state index contributed by atoms with van der Waals surface area (Å²) >= 11 is 0. The van der Waals surface area contributed by atoms with Crippen LogP contribution in [-0.2, 0) is 0 Å². The molecule has 1 heterocycles. The molecule has 0 aliphatic rings. The fourth-order valence-electron chi connectivity index (χ4n) is 1.71. The van der Waals surface area contributed by atoms with Gasteiger partial charge >= 0.3 is 0 Å². The number of carbonyl (C=O) groups is 1. The van der Waals surface area contributed by atoms with E-state index in [1.165, 1.54) is 0 Å². The van der Waals surface area contributed by atoms with E-state index in [2.05, 4.69) is 11.1 Å². The molecule has 0 bridgehead atoms. The van der Waals surface area contributed by atoms with E-state index < -0.39 is 0 Å². The number of nitriles is 1. The Morgan fingerprint density at radius 3 is 2.88 bits per heavy atom. The van der Waals surface area contributed by atoms with Gasteiger partial charge < -0.3 is 0 Å². The molecule has 0 atom stereocenters. The van der Waals surface area contributed by atoms with Crippen molar-refractivity contribution in [2.24, 2.45) is 0 Å². The number of rotatable bonds is 2. The summed E-state index contributed by atoms with van der Waals surface area (Å²) in [6.45, 7) is 1.88. The van der Waals surface area contributed by atoms with Gasteiger partial charge in [-0.25, -0.2) is 0 Å². The van der Waals surface area contributed by atoms with Crippen molar-refractivity contribution < 1.29 is 4.79 Å². The SMILES string of the molecule is Cc1c(C#N)cncc1-c1cccc(C=O)c1.